The average Bonchev–Trinajstić information content (AvgIpc) is 2.78. The second kappa shape index (κ2) is 9.53. The number of rotatable bonds is 6. The van der Waals surface area contributed by atoms with E-state index in [4.69, 9.17) is 4.74 Å². The predicted molar refractivity (Wildman–Crippen MR) is 123 cm³/mol. The molecule has 0 saturated carbocycles. The summed E-state index contributed by atoms with van der Waals surface area (Å²) in [4.78, 5) is 17.1. The van der Waals surface area contributed by atoms with Crippen molar-refractivity contribution in [1.82, 2.24) is 4.90 Å². The van der Waals surface area contributed by atoms with Crippen LogP contribution in [0.3, 0.4) is 0 Å². The van der Waals surface area contributed by atoms with Gasteiger partial charge in [0.05, 0.1) is 12.2 Å². The van der Waals surface area contributed by atoms with Crippen LogP contribution in [0.2, 0.25) is 0 Å². The highest BCUT2D eigenvalue weighted by atomic mass is 16.5. The topological polar surface area (TPSA) is 65.0 Å². The minimum Gasteiger partial charge on any atom is -0.508 e. The molecule has 0 aliphatic carbocycles. The minimum absolute atomic E-state index is 0.0574. The number of amides is 1. The van der Waals surface area contributed by atoms with Gasteiger partial charge in [-0.05, 0) is 55.5 Å². The lowest BCUT2D eigenvalue weighted by atomic mass is 10.2. The molecular weight excluding hydrogens is 390 g/mol. The minimum atomic E-state index is -0.0574. The summed E-state index contributed by atoms with van der Waals surface area (Å²) >= 11 is 0. The van der Waals surface area contributed by atoms with Crippen LogP contribution in [-0.2, 0) is 4.79 Å². The lowest BCUT2D eigenvalue weighted by molar-refractivity contribution is -0.117. The van der Waals surface area contributed by atoms with Crippen LogP contribution in [0.4, 0.5) is 11.4 Å². The number of hydrogen-bond acceptors (Lipinski definition) is 5. The fraction of sp³-hybridized carbons (Fsp3) is 0.240. The Morgan fingerprint density at radius 1 is 0.935 bits per heavy atom. The van der Waals surface area contributed by atoms with Crippen molar-refractivity contribution in [2.75, 3.05) is 42.9 Å². The summed E-state index contributed by atoms with van der Waals surface area (Å²) in [6.07, 6.45) is 0. The van der Waals surface area contributed by atoms with Crippen LogP contribution >= 0.6 is 0 Å². The van der Waals surface area contributed by atoms with Crippen molar-refractivity contribution in [3.8, 4) is 17.2 Å². The Hall–Kier alpha value is -3.51. The summed E-state index contributed by atoms with van der Waals surface area (Å²) < 4.78 is 5.97. The van der Waals surface area contributed by atoms with Crippen LogP contribution in [0, 0.1) is 6.92 Å². The number of carbonyl (C=O) groups is 1. The van der Waals surface area contributed by atoms with Gasteiger partial charge in [0.2, 0.25) is 5.91 Å². The lowest BCUT2D eigenvalue weighted by Gasteiger charge is -2.35. The van der Waals surface area contributed by atoms with E-state index in [9.17, 15) is 9.90 Å². The lowest BCUT2D eigenvalue weighted by Crippen LogP contribution is -2.48. The van der Waals surface area contributed by atoms with Crippen molar-refractivity contribution in [2.45, 2.75) is 6.92 Å². The molecule has 1 aliphatic heterocycles. The zero-order valence-corrected chi connectivity index (χ0v) is 17.6. The molecule has 1 fully saturated rings. The normalized spacial score (nSPS) is 14.3. The van der Waals surface area contributed by atoms with Crippen molar-refractivity contribution in [3.05, 3.63) is 78.4 Å². The smallest absolute Gasteiger partial charge is 0.238 e. The Labute approximate surface area is 182 Å². The van der Waals surface area contributed by atoms with Crippen LogP contribution in [0.1, 0.15) is 5.56 Å². The molecule has 0 unspecified atom stereocenters. The molecule has 6 nitrogen and oxygen atoms in total. The maximum absolute atomic E-state index is 12.7. The van der Waals surface area contributed by atoms with E-state index in [-0.39, 0.29) is 11.7 Å². The van der Waals surface area contributed by atoms with Crippen molar-refractivity contribution >= 4 is 17.3 Å². The summed E-state index contributed by atoms with van der Waals surface area (Å²) in [7, 11) is 0. The molecule has 160 valence electrons. The summed E-state index contributed by atoms with van der Waals surface area (Å²) in [5, 5.41) is 12.4. The standard InChI is InChI=1S/C25H27N3O3/c1-19-6-12-22(13-7-19)31-24-5-3-2-4-23(24)26-25(30)18-27-14-16-28(17-15-27)20-8-10-21(29)11-9-20/h2-13,29H,14-18H2,1H3,(H,26,30). The van der Waals surface area contributed by atoms with Crippen molar-refractivity contribution in [2.24, 2.45) is 0 Å². The van der Waals surface area contributed by atoms with Gasteiger partial charge in [-0.2, -0.15) is 0 Å². The first kappa shape index (κ1) is 20.8. The third-order valence-corrected chi connectivity index (χ3v) is 5.36. The third kappa shape index (κ3) is 5.55. The fourth-order valence-corrected chi connectivity index (χ4v) is 3.61. The first-order valence-electron chi connectivity index (χ1n) is 10.5. The maximum Gasteiger partial charge on any atom is 0.238 e. The second-order valence-corrected chi connectivity index (χ2v) is 7.74. The van der Waals surface area contributed by atoms with Crippen LogP contribution in [0.25, 0.3) is 0 Å². The highest BCUT2D eigenvalue weighted by Gasteiger charge is 2.20. The van der Waals surface area contributed by atoms with Crippen molar-refractivity contribution in [3.63, 3.8) is 0 Å². The first-order chi connectivity index (χ1) is 15.1. The van der Waals surface area contributed by atoms with Crippen LogP contribution in [0.15, 0.2) is 72.8 Å². The molecule has 0 atom stereocenters. The van der Waals surface area contributed by atoms with E-state index in [2.05, 4.69) is 15.1 Å². The molecule has 0 spiro atoms. The molecule has 4 rings (SSSR count). The van der Waals surface area contributed by atoms with Crippen molar-refractivity contribution < 1.29 is 14.6 Å². The van der Waals surface area contributed by atoms with Gasteiger partial charge in [-0.3, -0.25) is 9.69 Å². The number of ether oxygens (including phenoxy) is 1. The number of aromatic hydroxyl groups is 1. The average molecular weight is 418 g/mol. The quantitative estimate of drug-likeness (QED) is 0.628. The van der Waals surface area contributed by atoms with E-state index in [0.717, 1.165) is 37.6 Å². The van der Waals surface area contributed by atoms with Gasteiger partial charge in [-0.25, -0.2) is 0 Å². The molecule has 0 radical (unpaired) electrons. The van der Waals surface area contributed by atoms with Gasteiger partial charge in [0.1, 0.15) is 11.5 Å². The Morgan fingerprint density at radius 2 is 1.61 bits per heavy atom. The molecule has 3 aromatic carbocycles. The Bertz CT molecular complexity index is 1010. The Balaban J connectivity index is 1.31. The molecule has 0 bridgehead atoms. The number of carbonyl (C=O) groups excluding carboxylic acids is 1. The largest absolute Gasteiger partial charge is 0.508 e. The molecule has 1 heterocycles. The van der Waals surface area contributed by atoms with E-state index in [1.165, 1.54) is 5.56 Å². The summed E-state index contributed by atoms with van der Waals surface area (Å²) in [5.74, 6) is 1.57. The molecule has 0 aromatic heterocycles. The molecule has 31 heavy (non-hydrogen) atoms. The Kier molecular flexibility index (Phi) is 6.38. The molecule has 6 heteroatoms. The number of hydrogen-bond donors (Lipinski definition) is 2. The van der Waals surface area contributed by atoms with Gasteiger partial charge in [0, 0.05) is 31.9 Å². The van der Waals surface area contributed by atoms with Gasteiger partial charge in [0.25, 0.3) is 0 Å². The molecule has 1 amide bonds. The number of piperazine rings is 1. The van der Waals surface area contributed by atoms with E-state index in [1.807, 2.05) is 67.6 Å². The highest BCUT2D eigenvalue weighted by molar-refractivity contribution is 5.93. The predicted octanol–water partition coefficient (Wildman–Crippen LogP) is 4.25. The number of nitrogens with one attached hydrogen (secondary N) is 1. The van der Waals surface area contributed by atoms with Crippen LogP contribution in [0.5, 0.6) is 17.2 Å². The summed E-state index contributed by atoms with van der Waals surface area (Å²) in [6.45, 7) is 5.65. The molecule has 3 aromatic rings. The van der Waals surface area contributed by atoms with Crippen LogP contribution in [-0.4, -0.2) is 48.6 Å². The second-order valence-electron chi connectivity index (χ2n) is 7.74. The van der Waals surface area contributed by atoms with Gasteiger partial charge in [0.15, 0.2) is 5.75 Å². The molecule has 2 N–H and O–H groups in total. The SMILES string of the molecule is Cc1ccc(Oc2ccccc2NC(=O)CN2CCN(c3ccc(O)cc3)CC2)cc1. The number of phenols is 1. The van der Waals surface area contributed by atoms with E-state index < -0.39 is 0 Å². The van der Waals surface area contributed by atoms with Gasteiger partial charge < -0.3 is 20.1 Å². The number of para-hydroxylation sites is 2. The first-order valence-corrected chi connectivity index (χ1v) is 10.5. The third-order valence-electron chi connectivity index (χ3n) is 5.36. The van der Waals surface area contributed by atoms with Crippen LogP contribution < -0.4 is 15.0 Å². The number of aryl methyl sites for hydroxylation is 1. The molecule has 1 saturated heterocycles. The number of benzene rings is 3. The summed E-state index contributed by atoms with van der Waals surface area (Å²) in [6, 6.07) is 22.5. The van der Waals surface area contributed by atoms with E-state index >= 15 is 0 Å². The van der Waals surface area contributed by atoms with Gasteiger partial charge >= 0.3 is 0 Å². The Morgan fingerprint density at radius 3 is 2.32 bits per heavy atom. The fourth-order valence-electron chi connectivity index (χ4n) is 3.61. The van der Waals surface area contributed by atoms with Crippen molar-refractivity contribution in [1.29, 1.82) is 0 Å². The zero-order valence-electron chi connectivity index (χ0n) is 17.6. The van der Waals surface area contributed by atoms with E-state index in [0.29, 0.717) is 18.0 Å². The molecular formula is C25H27N3O3. The number of nitrogens with zero attached hydrogens (tertiary/aromatic N) is 2. The summed E-state index contributed by atoms with van der Waals surface area (Å²) in [5.41, 5.74) is 2.92. The van der Waals surface area contributed by atoms with E-state index in [1.54, 1.807) is 12.1 Å². The van der Waals surface area contributed by atoms with Gasteiger partial charge in [-0.1, -0.05) is 29.8 Å². The number of anilines is 2. The zero-order chi connectivity index (χ0) is 21.6. The maximum atomic E-state index is 12.7. The highest BCUT2D eigenvalue weighted by Crippen LogP contribution is 2.29. The monoisotopic (exact) mass is 417 g/mol. The molecule has 1 aliphatic rings. The number of phenolic OH excluding ortho intramolecular Hbond substituents is 1. The van der Waals surface area contributed by atoms with Gasteiger partial charge in [-0.15, -0.1) is 0 Å².